The second-order valence-electron chi connectivity index (χ2n) is 4.37. The molecule has 0 unspecified atom stereocenters. The van der Waals surface area contributed by atoms with Gasteiger partial charge in [0, 0.05) is 12.1 Å². The molecule has 2 heterocycles. The molecule has 3 rings (SSSR count). The fraction of sp³-hybridized carbons (Fsp3) is 0.500. The van der Waals surface area contributed by atoms with E-state index in [1.165, 1.54) is 32.1 Å². The molecule has 2 aromatic rings. The van der Waals surface area contributed by atoms with Crippen molar-refractivity contribution >= 4 is 11.0 Å². The predicted molar refractivity (Wildman–Crippen MR) is 61.0 cm³/mol. The molecule has 0 amide bonds. The summed E-state index contributed by atoms with van der Waals surface area (Å²) in [6, 6.07) is 1.85. The Labute approximate surface area is 94.1 Å². The summed E-state index contributed by atoms with van der Waals surface area (Å²) in [5, 5.41) is 8.45. The molecule has 1 saturated carbocycles. The average molecular weight is 214 g/mol. The van der Waals surface area contributed by atoms with Crippen LogP contribution in [0.15, 0.2) is 18.5 Å². The lowest BCUT2D eigenvalue weighted by atomic mass is 9.89. The first-order valence-electron chi connectivity index (χ1n) is 5.88. The van der Waals surface area contributed by atoms with Gasteiger partial charge in [0.25, 0.3) is 0 Å². The lowest BCUT2D eigenvalue weighted by Gasteiger charge is -2.19. The molecule has 1 aliphatic carbocycles. The number of aromatic nitrogens is 4. The van der Waals surface area contributed by atoms with Gasteiger partial charge in [-0.25, -0.2) is 4.98 Å². The maximum atomic E-state index is 4.56. The summed E-state index contributed by atoms with van der Waals surface area (Å²) >= 11 is 0. The molecule has 0 aromatic carbocycles. The molecule has 1 fully saturated rings. The van der Waals surface area contributed by atoms with Gasteiger partial charge in [-0.2, -0.15) is 0 Å². The van der Waals surface area contributed by atoms with E-state index in [1.54, 1.807) is 12.4 Å². The van der Waals surface area contributed by atoms with E-state index in [4.69, 9.17) is 0 Å². The molecular weight excluding hydrogens is 200 g/mol. The topological polar surface area (TPSA) is 51.6 Å². The molecule has 0 saturated heterocycles. The molecule has 2 aromatic heterocycles. The van der Waals surface area contributed by atoms with Crippen LogP contribution in [0.5, 0.6) is 0 Å². The monoisotopic (exact) mass is 214 g/mol. The maximum absolute atomic E-state index is 4.56. The van der Waals surface area contributed by atoms with Crippen molar-refractivity contribution in [2.75, 3.05) is 0 Å². The second kappa shape index (κ2) is 4.12. The average Bonchev–Trinajstić information content (AvgIpc) is 2.39. The van der Waals surface area contributed by atoms with Crippen molar-refractivity contribution in [2.45, 2.75) is 38.0 Å². The first-order chi connectivity index (χ1) is 7.93. The molecule has 0 N–H and O–H groups in total. The number of pyridine rings is 1. The summed E-state index contributed by atoms with van der Waals surface area (Å²) in [6.07, 6.45) is 9.81. The quantitative estimate of drug-likeness (QED) is 0.731. The molecule has 0 aliphatic heterocycles. The molecule has 82 valence electrons. The smallest absolute Gasteiger partial charge is 0.154 e. The van der Waals surface area contributed by atoms with Gasteiger partial charge in [-0.15, -0.1) is 10.2 Å². The van der Waals surface area contributed by atoms with Crippen molar-refractivity contribution in [3.8, 4) is 0 Å². The fourth-order valence-corrected chi connectivity index (χ4v) is 2.33. The first-order valence-corrected chi connectivity index (χ1v) is 5.88. The van der Waals surface area contributed by atoms with Crippen LogP contribution in [0.1, 0.15) is 43.8 Å². The summed E-state index contributed by atoms with van der Waals surface area (Å²) in [7, 11) is 0. The normalized spacial score (nSPS) is 17.8. The highest BCUT2D eigenvalue weighted by Gasteiger charge is 2.18. The van der Waals surface area contributed by atoms with Crippen molar-refractivity contribution in [3.63, 3.8) is 0 Å². The Morgan fingerprint density at radius 2 is 1.88 bits per heavy atom. The van der Waals surface area contributed by atoms with Gasteiger partial charge in [-0.1, -0.05) is 19.3 Å². The molecule has 4 heteroatoms. The van der Waals surface area contributed by atoms with Crippen molar-refractivity contribution in [3.05, 3.63) is 24.3 Å². The Bertz CT molecular complexity index is 491. The highest BCUT2D eigenvalue weighted by molar-refractivity contribution is 5.71. The van der Waals surface area contributed by atoms with E-state index in [1.807, 2.05) is 6.07 Å². The third-order valence-electron chi connectivity index (χ3n) is 3.24. The highest BCUT2D eigenvalue weighted by Crippen LogP contribution is 2.30. The number of hydrogen-bond donors (Lipinski definition) is 0. The molecule has 0 spiro atoms. The van der Waals surface area contributed by atoms with Crippen molar-refractivity contribution in [1.82, 2.24) is 20.2 Å². The molecule has 0 radical (unpaired) electrons. The third kappa shape index (κ3) is 1.75. The Morgan fingerprint density at radius 3 is 2.75 bits per heavy atom. The molecule has 16 heavy (non-hydrogen) atoms. The molecular formula is C12H14N4. The predicted octanol–water partition coefficient (Wildman–Crippen LogP) is 2.47. The number of fused-ring (bicyclic) bond motifs is 1. The van der Waals surface area contributed by atoms with E-state index in [0.717, 1.165) is 16.9 Å². The number of nitrogens with zero attached hydrogens (tertiary/aromatic N) is 4. The Hall–Kier alpha value is -1.58. The van der Waals surface area contributed by atoms with Crippen LogP contribution in [-0.2, 0) is 0 Å². The minimum atomic E-state index is 0.505. The highest BCUT2D eigenvalue weighted by atomic mass is 15.2. The molecule has 1 aliphatic rings. The van der Waals surface area contributed by atoms with Crippen LogP contribution in [0.2, 0.25) is 0 Å². The Morgan fingerprint density at radius 1 is 1.00 bits per heavy atom. The summed E-state index contributed by atoms with van der Waals surface area (Å²) in [6.45, 7) is 0. The van der Waals surface area contributed by atoms with Crippen molar-refractivity contribution in [1.29, 1.82) is 0 Å². The van der Waals surface area contributed by atoms with Gasteiger partial charge in [0.1, 0.15) is 11.0 Å². The minimum Gasteiger partial charge on any atom is -0.262 e. The van der Waals surface area contributed by atoms with E-state index in [0.29, 0.717) is 5.92 Å². The largest absolute Gasteiger partial charge is 0.262 e. The Kier molecular flexibility index (Phi) is 2.48. The zero-order valence-electron chi connectivity index (χ0n) is 9.13. The van der Waals surface area contributed by atoms with E-state index < -0.39 is 0 Å². The fourth-order valence-electron chi connectivity index (χ4n) is 2.33. The van der Waals surface area contributed by atoms with Crippen molar-refractivity contribution < 1.29 is 0 Å². The van der Waals surface area contributed by atoms with Crippen LogP contribution in [0.4, 0.5) is 0 Å². The van der Waals surface area contributed by atoms with Gasteiger partial charge in [0.05, 0.1) is 6.20 Å². The van der Waals surface area contributed by atoms with Crippen molar-refractivity contribution in [2.24, 2.45) is 0 Å². The zero-order valence-corrected chi connectivity index (χ0v) is 9.13. The van der Waals surface area contributed by atoms with Crippen LogP contribution >= 0.6 is 0 Å². The summed E-state index contributed by atoms with van der Waals surface area (Å²) < 4.78 is 0. The summed E-state index contributed by atoms with van der Waals surface area (Å²) in [5.74, 6) is 1.41. The van der Waals surface area contributed by atoms with Gasteiger partial charge in [0.15, 0.2) is 5.82 Å². The van der Waals surface area contributed by atoms with Crippen LogP contribution in [0, 0.1) is 0 Å². The number of hydrogen-bond acceptors (Lipinski definition) is 4. The first kappa shape index (κ1) is 9.63. The lowest BCUT2D eigenvalue weighted by molar-refractivity contribution is 0.426. The third-order valence-corrected chi connectivity index (χ3v) is 3.24. The van der Waals surface area contributed by atoms with Crippen LogP contribution < -0.4 is 0 Å². The molecule has 0 atom stereocenters. The van der Waals surface area contributed by atoms with Crippen LogP contribution in [-0.4, -0.2) is 20.2 Å². The zero-order chi connectivity index (χ0) is 10.8. The summed E-state index contributed by atoms with van der Waals surface area (Å²) in [4.78, 5) is 8.63. The van der Waals surface area contributed by atoms with E-state index in [9.17, 15) is 0 Å². The van der Waals surface area contributed by atoms with Crippen LogP contribution in [0.25, 0.3) is 11.0 Å². The van der Waals surface area contributed by atoms with Gasteiger partial charge in [-0.3, -0.25) is 4.98 Å². The summed E-state index contributed by atoms with van der Waals surface area (Å²) in [5.41, 5.74) is 1.69. The SMILES string of the molecule is c1cc2nnc(C3CCCCC3)nc2cn1. The minimum absolute atomic E-state index is 0.505. The second-order valence-corrected chi connectivity index (χ2v) is 4.37. The molecule has 4 nitrogen and oxygen atoms in total. The van der Waals surface area contributed by atoms with Gasteiger partial charge in [-0.05, 0) is 18.9 Å². The number of rotatable bonds is 1. The Balaban J connectivity index is 1.97. The lowest BCUT2D eigenvalue weighted by Crippen LogP contribution is -2.09. The maximum Gasteiger partial charge on any atom is 0.154 e. The van der Waals surface area contributed by atoms with Crippen LogP contribution in [0.3, 0.4) is 0 Å². The van der Waals surface area contributed by atoms with E-state index in [2.05, 4.69) is 20.2 Å². The van der Waals surface area contributed by atoms with Gasteiger partial charge >= 0.3 is 0 Å². The molecule has 0 bridgehead atoms. The van der Waals surface area contributed by atoms with E-state index >= 15 is 0 Å². The van der Waals surface area contributed by atoms with Gasteiger partial charge < -0.3 is 0 Å². The van der Waals surface area contributed by atoms with Gasteiger partial charge in [0.2, 0.25) is 0 Å². The standard InChI is InChI=1S/C12H14N4/c1-2-4-9(5-3-1)12-14-11-8-13-7-6-10(11)15-16-12/h6-9H,1-5H2. The van der Waals surface area contributed by atoms with E-state index in [-0.39, 0.29) is 0 Å².